The van der Waals surface area contributed by atoms with Crippen LogP contribution in [0.25, 0.3) is 0 Å². The fourth-order valence-corrected chi connectivity index (χ4v) is 4.31. The van der Waals surface area contributed by atoms with Crippen molar-refractivity contribution >= 4 is 11.8 Å². The number of hydrogen-bond donors (Lipinski definition) is 0. The molecular weight excluding hydrogens is 426 g/mol. The number of para-hydroxylation sites is 1. The molecule has 1 aliphatic rings. The zero-order valence-corrected chi connectivity index (χ0v) is 20.2. The molecule has 2 heterocycles. The molecule has 178 valence electrons. The van der Waals surface area contributed by atoms with Gasteiger partial charge in [0.15, 0.2) is 0 Å². The largest absolute Gasteiger partial charge is 0.489 e. The first-order valence-electron chi connectivity index (χ1n) is 11.9. The molecule has 3 aromatic rings. The number of rotatable bonds is 9. The smallest absolute Gasteiger partial charge is 0.342 e. The number of carbonyl (C=O) groups is 1. The van der Waals surface area contributed by atoms with Crippen LogP contribution in [0.15, 0.2) is 72.9 Å². The highest BCUT2D eigenvalue weighted by atomic mass is 16.5. The molecule has 0 saturated carbocycles. The molecule has 0 unspecified atom stereocenters. The number of ether oxygens (including phenoxy) is 2. The zero-order chi connectivity index (χ0) is 23.9. The average Bonchev–Trinajstić information content (AvgIpc) is 3.32. The third-order valence-electron chi connectivity index (χ3n) is 6.08. The molecule has 6 heteroatoms. The molecule has 34 heavy (non-hydrogen) atoms. The van der Waals surface area contributed by atoms with Crippen LogP contribution in [0.1, 0.15) is 41.8 Å². The van der Waals surface area contributed by atoms with E-state index < -0.39 is 0 Å². The van der Waals surface area contributed by atoms with E-state index in [2.05, 4.69) is 39.0 Å². The van der Waals surface area contributed by atoms with Crippen molar-refractivity contribution in [3.63, 3.8) is 0 Å². The Morgan fingerprint density at radius 2 is 1.85 bits per heavy atom. The summed E-state index contributed by atoms with van der Waals surface area (Å²) in [5.41, 5.74) is 2.85. The Hall–Kier alpha value is -3.38. The van der Waals surface area contributed by atoms with Gasteiger partial charge in [0.25, 0.3) is 0 Å². The normalized spacial score (nSPS) is 15.9. The van der Waals surface area contributed by atoms with Gasteiger partial charge < -0.3 is 14.4 Å². The first kappa shape index (κ1) is 23.8. The number of likely N-dealkylation sites (N-methyl/N-ethyl adjacent to an activating group) is 1. The van der Waals surface area contributed by atoms with E-state index >= 15 is 0 Å². The lowest BCUT2D eigenvalue weighted by Crippen LogP contribution is -2.36. The number of benzene rings is 2. The number of anilines is 1. The Morgan fingerprint density at radius 1 is 1.09 bits per heavy atom. The number of likely N-dealkylation sites (tertiary alicyclic amines) is 1. The zero-order valence-electron chi connectivity index (χ0n) is 20.2. The average molecular weight is 460 g/mol. The number of aromatic nitrogens is 1. The van der Waals surface area contributed by atoms with E-state index in [1.54, 1.807) is 18.3 Å². The molecule has 1 atom stereocenters. The van der Waals surface area contributed by atoms with E-state index in [-0.39, 0.29) is 18.1 Å². The molecular formula is C28H33N3O3. The highest BCUT2D eigenvalue weighted by molar-refractivity contribution is 5.94. The predicted molar refractivity (Wildman–Crippen MR) is 134 cm³/mol. The third-order valence-corrected chi connectivity index (χ3v) is 6.08. The number of carbonyl (C=O) groups excluding carboxylic acids is 1. The molecule has 1 fully saturated rings. The topological polar surface area (TPSA) is 54.9 Å². The van der Waals surface area contributed by atoms with Gasteiger partial charge in [0.05, 0.1) is 6.10 Å². The fraction of sp³-hybridized carbons (Fsp3) is 0.357. The van der Waals surface area contributed by atoms with Crippen molar-refractivity contribution in [2.75, 3.05) is 25.0 Å². The van der Waals surface area contributed by atoms with Crippen molar-refractivity contribution in [3.8, 4) is 5.75 Å². The van der Waals surface area contributed by atoms with Crippen LogP contribution in [0.4, 0.5) is 5.82 Å². The van der Waals surface area contributed by atoms with Gasteiger partial charge in [-0.2, -0.15) is 0 Å². The molecule has 0 radical (unpaired) electrons. The Balaban J connectivity index is 1.40. The summed E-state index contributed by atoms with van der Waals surface area (Å²) in [6.07, 6.45) is 2.56. The summed E-state index contributed by atoms with van der Waals surface area (Å²) in [5.74, 6) is 1.27. The fourth-order valence-electron chi connectivity index (χ4n) is 4.31. The van der Waals surface area contributed by atoms with Crippen LogP contribution in [-0.4, -0.2) is 48.1 Å². The maximum Gasteiger partial charge on any atom is 0.342 e. The van der Waals surface area contributed by atoms with Crippen molar-refractivity contribution in [2.24, 2.45) is 0 Å². The molecule has 6 nitrogen and oxygen atoms in total. The SMILES string of the molecule is CC(C)OC(=O)c1cccnc1N(C)[C@@H]1CCN(Cc2ccccc2OCc2ccccc2)C1. The Morgan fingerprint density at radius 3 is 2.65 bits per heavy atom. The van der Waals surface area contributed by atoms with Crippen LogP contribution in [0.2, 0.25) is 0 Å². The molecule has 1 aliphatic heterocycles. The molecule has 1 saturated heterocycles. The van der Waals surface area contributed by atoms with Gasteiger partial charge in [0.2, 0.25) is 0 Å². The molecule has 0 spiro atoms. The van der Waals surface area contributed by atoms with Crippen LogP contribution in [0, 0.1) is 0 Å². The monoisotopic (exact) mass is 459 g/mol. The first-order chi connectivity index (χ1) is 16.5. The second kappa shape index (κ2) is 11.2. The molecule has 0 bridgehead atoms. The molecule has 4 rings (SSSR count). The predicted octanol–water partition coefficient (Wildman–Crippen LogP) is 4.94. The summed E-state index contributed by atoms with van der Waals surface area (Å²) in [4.78, 5) is 21.7. The van der Waals surface area contributed by atoms with Crippen molar-refractivity contribution in [2.45, 2.75) is 45.6 Å². The minimum absolute atomic E-state index is 0.169. The summed E-state index contributed by atoms with van der Waals surface area (Å²) in [6, 6.07) is 22.3. The number of pyridine rings is 1. The second-order valence-electron chi connectivity index (χ2n) is 9.00. The molecule has 0 aliphatic carbocycles. The van der Waals surface area contributed by atoms with Gasteiger partial charge in [-0.3, -0.25) is 4.90 Å². The molecule has 2 aromatic carbocycles. The lowest BCUT2D eigenvalue weighted by atomic mass is 10.1. The number of nitrogens with zero attached hydrogens (tertiary/aromatic N) is 3. The van der Waals surface area contributed by atoms with Gasteiger partial charge in [-0.1, -0.05) is 48.5 Å². The van der Waals surface area contributed by atoms with Gasteiger partial charge >= 0.3 is 5.97 Å². The standard InChI is InChI=1S/C28H33N3O3/c1-21(2)34-28(32)25-13-9-16-29-27(25)30(3)24-15-17-31(19-24)18-23-12-7-8-14-26(23)33-20-22-10-5-4-6-11-22/h4-14,16,21,24H,15,17-20H2,1-3H3/t24-/m1/s1. The Kier molecular flexibility index (Phi) is 7.80. The summed E-state index contributed by atoms with van der Waals surface area (Å²) in [6.45, 7) is 6.94. The van der Waals surface area contributed by atoms with E-state index in [9.17, 15) is 4.79 Å². The molecule has 0 amide bonds. The Bertz CT molecular complexity index is 1090. The van der Waals surface area contributed by atoms with Crippen LogP contribution in [0.3, 0.4) is 0 Å². The van der Waals surface area contributed by atoms with Gasteiger partial charge in [0.1, 0.15) is 23.7 Å². The van der Waals surface area contributed by atoms with Gasteiger partial charge in [-0.05, 0) is 44.0 Å². The maximum absolute atomic E-state index is 12.6. The summed E-state index contributed by atoms with van der Waals surface area (Å²) >= 11 is 0. The number of hydrogen-bond acceptors (Lipinski definition) is 6. The third kappa shape index (κ3) is 5.94. The highest BCUT2D eigenvalue weighted by Gasteiger charge is 2.29. The quantitative estimate of drug-likeness (QED) is 0.423. The molecule has 1 aromatic heterocycles. The van der Waals surface area contributed by atoms with Crippen molar-refractivity contribution in [1.82, 2.24) is 9.88 Å². The summed E-state index contributed by atoms with van der Waals surface area (Å²) < 4.78 is 11.6. The van der Waals surface area contributed by atoms with Crippen LogP contribution in [-0.2, 0) is 17.9 Å². The van der Waals surface area contributed by atoms with Crippen LogP contribution >= 0.6 is 0 Å². The second-order valence-corrected chi connectivity index (χ2v) is 9.00. The minimum Gasteiger partial charge on any atom is -0.489 e. The summed E-state index contributed by atoms with van der Waals surface area (Å²) in [7, 11) is 2.01. The van der Waals surface area contributed by atoms with Gasteiger partial charge in [-0.15, -0.1) is 0 Å². The van der Waals surface area contributed by atoms with E-state index in [0.717, 1.165) is 37.4 Å². The van der Waals surface area contributed by atoms with E-state index in [1.807, 2.05) is 51.2 Å². The van der Waals surface area contributed by atoms with Crippen molar-refractivity contribution in [3.05, 3.63) is 89.6 Å². The minimum atomic E-state index is -0.329. The van der Waals surface area contributed by atoms with Crippen molar-refractivity contribution in [1.29, 1.82) is 0 Å². The van der Waals surface area contributed by atoms with Crippen LogP contribution in [0.5, 0.6) is 5.75 Å². The van der Waals surface area contributed by atoms with E-state index in [0.29, 0.717) is 18.0 Å². The lowest BCUT2D eigenvalue weighted by molar-refractivity contribution is 0.0378. The maximum atomic E-state index is 12.6. The van der Waals surface area contributed by atoms with Gasteiger partial charge in [0, 0.05) is 44.5 Å². The van der Waals surface area contributed by atoms with E-state index in [1.165, 1.54) is 5.56 Å². The van der Waals surface area contributed by atoms with Crippen LogP contribution < -0.4 is 9.64 Å². The Labute approximate surface area is 202 Å². The highest BCUT2D eigenvalue weighted by Crippen LogP contribution is 2.27. The van der Waals surface area contributed by atoms with Crippen molar-refractivity contribution < 1.29 is 14.3 Å². The van der Waals surface area contributed by atoms with E-state index in [4.69, 9.17) is 9.47 Å². The van der Waals surface area contributed by atoms with Gasteiger partial charge in [-0.25, -0.2) is 9.78 Å². The number of esters is 1. The lowest BCUT2D eigenvalue weighted by Gasteiger charge is -2.27. The molecule has 0 N–H and O–H groups in total. The first-order valence-corrected chi connectivity index (χ1v) is 11.9. The summed E-state index contributed by atoms with van der Waals surface area (Å²) in [5, 5.41) is 0.